The Morgan fingerprint density at radius 3 is 2.93 bits per heavy atom. The van der Waals surface area contributed by atoms with E-state index in [1.54, 1.807) is 6.20 Å². The summed E-state index contributed by atoms with van der Waals surface area (Å²) in [6.07, 6.45) is 5.78. The molecule has 4 heterocycles. The normalized spacial score (nSPS) is 22.8. The maximum atomic E-state index is 13.3. The van der Waals surface area contributed by atoms with Gasteiger partial charge in [0.25, 0.3) is 5.91 Å². The maximum Gasteiger partial charge on any atom is 0.270 e. The largest absolute Gasteiger partial charge is 0.379 e. The molecular weight excluding hydrogens is 364 g/mol. The Morgan fingerprint density at radius 1 is 1.14 bits per heavy atom. The number of H-pyrrole nitrogens is 1. The van der Waals surface area contributed by atoms with E-state index in [0.29, 0.717) is 18.9 Å². The van der Waals surface area contributed by atoms with Crippen LogP contribution in [0.4, 0.5) is 5.69 Å². The lowest BCUT2D eigenvalue weighted by Crippen LogP contribution is -2.52. The van der Waals surface area contributed by atoms with Crippen molar-refractivity contribution < 1.29 is 9.53 Å². The molecule has 29 heavy (non-hydrogen) atoms. The third-order valence-electron chi connectivity index (χ3n) is 6.16. The van der Waals surface area contributed by atoms with E-state index in [0.717, 1.165) is 55.6 Å². The van der Waals surface area contributed by atoms with Crippen molar-refractivity contribution in [2.24, 2.45) is 5.41 Å². The lowest BCUT2D eigenvalue weighted by Gasteiger charge is -2.43. The molecule has 1 aromatic carbocycles. The molecule has 2 aromatic heterocycles. The van der Waals surface area contributed by atoms with Crippen molar-refractivity contribution in [1.29, 1.82) is 0 Å². The van der Waals surface area contributed by atoms with E-state index in [4.69, 9.17) is 4.74 Å². The zero-order valence-corrected chi connectivity index (χ0v) is 16.5. The summed E-state index contributed by atoms with van der Waals surface area (Å²) >= 11 is 0. The molecule has 1 N–H and O–H groups in total. The number of carbonyl (C=O) groups excluding carboxylic acids is 1. The molecule has 5 rings (SSSR count). The topological polar surface area (TPSA) is 61.5 Å². The van der Waals surface area contributed by atoms with Gasteiger partial charge in [0, 0.05) is 48.7 Å². The van der Waals surface area contributed by atoms with Crippen LogP contribution < -0.4 is 4.90 Å². The number of hydrogen-bond donors (Lipinski definition) is 1. The van der Waals surface area contributed by atoms with Gasteiger partial charge in [0.05, 0.1) is 25.1 Å². The van der Waals surface area contributed by atoms with Crippen LogP contribution in [0.25, 0.3) is 10.9 Å². The molecule has 0 radical (unpaired) electrons. The first-order chi connectivity index (χ1) is 14.2. The van der Waals surface area contributed by atoms with Gasteiger partial charge >= 0.3 is 0 Å². The minimum Gasteiger partial charge on any atom is -0.379 e. The number of aromatic amines is 1. The van der Waals surface area contributed by atoms with Crippen LogP contribution in [0.3, 0.4) is 0 Å². The highest BCUT2D eigenvalue weighted by atomic mass is 16.5. The molecule has 3 aromatic rings. The Bertz CT molecular complexity index is 969. The second-order valence-electron chi connectivity index (χ2n) is 8.29. The molecule has 6 nitrogen and oxygen atoms in total. The van der Waals surface area contributed by atoms with Crippen molar-refractivity contribution in [2.75, 3.05) is 44.3 Å². The minimum atomic E-state index is -0.0493. The van der Waals surface area contributed by atoms with Gasteiger partial charge in [0.15, 0.2) is 0 Å². The standard InChI is InChI=1S/C23H26N4O2/c28-22(21-13-18-5-1-2-7-20(18)25-21)27-10-4-8-23(16-27)15-26(11-12-29-17-23)19-6-3-9-24-14-19/h1-3,5-7,9,13-14,25H,4,8,10-12,15-17H2/t23-/m1/s1. The summed E-state index contributed by atoms with van der Waals surface area (Å²) in [5, 5.41) is 1.07. The Kier molecular flexibility index (Phi) is 4.72. The molecule has 2 fully saturated rings. The number of fused-ring (bicyclic) bond motifs is 1. The molecule has 0 bridgehead atoms. The van der Waals surface area contributed by atoms with E-state index in [9.17, 15) is 4.79 Å². The number of anilines is 1. The number of piperidine rings is 1. The number of carbonyl (C=O) groups is 1. The van der Waals surface area contributed by atoms with E-state index in [-0.39, 0.29) is 11.3 Å². The van der Waals surface area contributed by atoms with Crippen molar-refractivity contribution in [1.82, 2.24) is 14.9 Å². The molecule has 1 spiro atoms. The molecule has 0 unspecified atom stereocenters. The third kappa shape index (κ3) is 3.60. The van der Waals surface area contributed by atoms with Crippen molar-refractivity contribution >= 4 is 22.5 Å². The summed E-state index contributed by atoms with van der Waals surface area (Å²) in [6, 6.07) is 14.1. The van der Waals surface area contributed by atoms with Crippen LogP contribution in [0.5, 0.6) is 0 Å². The Hall–Kier alpha value is -2.86. The first kappa shape index (κ1) is 18.2. The first-order valence-corrected chi connectivity index (χ1v) is 10.3. The summed E-state index contributed by atoms with van der Waals surface area (Å²) in [5.74, 6) is 0.0810. The summed E-state index contributed by atoms with van der Waals surface area (Å²) < 4.78 is 6.01. The van der Waals surface area contributed by atoms with Crippen LogP contribution >= 0.6 is 0 Å². The quantitative estimate of drug-likeness (QED) is 0.729. The van der Waals surface area contributed by atoms with Gasteiger partial charge in [-0.05, 0) is 37.1 Å². The van der Waals surface area contributed by atoms with Gasteiger partial charge in [-0.1, -0.05) is 18.2 Å². The molecule has 2 aliphatic rings. The fourth-order valence-electron chi connectivity index (χ4n) is 4.74. The van der Waals surface area contributed by atoms with Crippen molar-refractivity contribution in [3.8, 4) is 0 Å². The van der Waals surface area contributed by atoms with Crippen LogP contribution in [-0.2, 0) is 4.74 Å². The van der Waals surface area contributed by atoms with Gasteiger partial charge in [0.1, 0.15) is 5.69 Å². The number of nitrogens with one attached hydrogen (secondary N) is 1. The maximum absolute atomic E-state index is 13.3. The van der Waals surface area contributed by atoms with Gasteiger partial charge in [0.2, 0.25) is 0 Å². The molecule has 0 aliphatic carbocycles. The molecule has 2 saturated heterocycles. The number of amides is 1. The predicted molar refractivity (Wildman–Crippen MR) is 113 cm³/mol. The number of ether oxygens (including phenoxy) is 1. The molecule has 1 atom stereocenters. The number of pyridine rings is 1. The molecule has 0 saturated carbocycles. The third-order valence-corrected chi connectivity index (χ3v) is 6.16. The molecule has 2 aliphatic heterocycles. The van der Waals surface area contributed by atoms with Gasteiger partial charge < -0.3 is 19.5 Å². The van der Waals surface area contributed by atoms with Gasteiger partial charge in [-0.2, -0.15) is 0 Å². The summed E-state index contributed by atoms with van der Waals surface area (Å²) in [4.78, 5) is 25.2. The number of rotatable bonds is 2. The van der Waals surface area contributed by atoms with Crippen LogP contribution in [0.2, 0.25) is 0 Å². The highest BCUT2D eigenvalue weighted by Gasteiger charge is 2.40. The van der Waals surface area contributed by atoms with E-state index in [2.05, 4.69) is 20.9 Å². The lowest BCUT2D eigenvalue weighted by molar-refractivity contribution is 0.0133. The van der Waals surface area contributed by atoms with E-state index in [1.165, 1.54) is 0 Å². The summed E-state index contributed by atoms with van der Waals surface area (Å²) in [7, 11) is 0. The SMILES string of the molecule is O=C(c1cc2ccccc2[nH]1)N1CCC[C@]2(COCCN(c3cccnc3)C2)C1. The molecule has 6 heteroatoms. The van der Waals surface area contributed by atoms with E-state index >= 15 is 0 Å². The zero-order chi connectivity index (χ0) is 19.7. The van der Waals surface area contributed by atoms with Crippen LogP contribution in [-0.4, -0.2) is 60.2 Å². The highest BCUT2D eigenvalue weighted by molar-refractivity contribution is 5.98. The fourth-order valence-corrected chi connectivity index (χ4v) is 4.74. The van der Waals surface area contributed by atoms with Crippen molar-refractivity contribution in [3.05, 3.63) is 60.6 Å². The smallest absolute Gasteiger partial charge is 0.270 e. The summed E-state index contributed by atoms with van der Waals surface area (Å²) in [6.45, 7) is 4.65. The number of likely N-dealkylation sites (tertiary alicyclic amines) is 1. The molecule has 1 amide bonds. The number of benzene rings is 1. The number of para-hydroxylation sites is 1. The van der Waals surface area contributed by atoms with Gasteiger partial charge in [-0.15, -0.1) is 0 Å². The second-order valence-corrected chi connectivity index (χ2v) is 8.29. The predicted octanol–water partition coefficient (Wildman–Crippen LogP) is 3.32. The fraction of sp³-hybridized carbons (Fsp3) is 0.391. The zero-order valence-electron chi connectivity index (χ0n) is 16.5. The minimum absolute atomic E-state index is 0.0493. The van der Waals surface area contributed by atoms with Crippen LogP contribution in [0, 0.1) is 5.41 Å². The number of hydrogen-bond acceptors (Lipinski definition) is 4. The average molecular weight is 390 g/mol. The van der Waals surface area contributed by atoms with Crippen LogP contribution in [0.15, 0.2) is 54.9 Å². The lowest BCUT2D eigenvalue weighted by atomic mass is 9.80. The Morgan fingerprint density at radius 2 is 2.07 bits per heavy atom. The monoisotopic (exact) mass is 390 g/mol. The van der Waals surface area contributed by atoms with Gasteiger partial charge in [-0.3, -0.25) is 9.78 Å². The van der Waals surface area contributed by atoms with Crippen molar-refractivity contribution in [2.45, 2.75) is 12.8 Å². The highest BCUT2D eigenvalue weighted by Crippen LogP contribution is 2.35. The average Bonchev–Trinajstić information content (AvgIpc) is 3.10. The van der Waals surface area contributed by atoms with Gasteiger partial charge in [-0.25, -0.2) is 0 Å². The first-order valence-electron chi connectivity index (χ1n) is 10.3. The Balaban J connectivity index is 1.37. The molecule has 150 valence electrons. The van der Waals surface area contributed by atoms with E-state index < -0.39 is 0 Å². The number of aromatic nitrogens is 2. The Labute approximate surface area is 170 Å². The summed E-state index contributed by atoms with van der Waals surface area (Å²) in [5.41, 5.74) is 2.74. The molecular formula is C23H26N4O2. The van der Waals surface area contributed by atoms with Crippen molar-refractivity contribution in [3.63, 3.8) is 0 Å². The van der Waals surface area contributed by atoms with E-state index in [1.807, 2.05) is 47.5 Å². The second kappa shape index (κ2) is 7.52. The number of nitrogens with zero attached hydrogens (tertiary/aromatic N) is 3. The van der Waals surface area contributed by atoms with Crippen LogP contribution in [0.1, 0.15) is 23.3 Å².